The van der Waals surface area contributed by atoms with Crippen molar-refractivity contribution in [1.29, 1.82) is 0 Å². The molecule has 2 nitrogen and oxygen atoms in total. The van der Waals surface area contributed by atoms with Gasteiger partial charge in [0.15, 0.2) is 0 Å². The molecule has 2 rings (SSSR count). The number of nitrogens with two attached hydrogens (primary N) is 1. The lowest BCUT2D eigenvalue weighted by Gasteiger charge is -2.16. The molecule has 0 bridgehead atoms. The van der Waals surface area contributed by atoms with Crippen LogP contribution in [-0.2, 0) is 0 Å². The lowest BCUT2D eigenvalue weighted by atomic mass is 9.98. The van der Waals surface area contributed by atoms with Crippen molar-refractivity contribution < 1.29 is 5.11 Å². The van der Waals surface area contributed by atoms with Gasteiger partial charge in [0, 0.05) is 11.5 Å². The Morgan fingerprint density at radius 2 is 2.11 bits per heavy atom. The van der Waals surface area contributed by atoms with Crippen molar-refractivity contribution >= 4 is 0 Å². The Kier molecular flexibility index (Phi) is 0.838. The van der Waals surface area contributed by atoms with Gasteiger partial charge in [-0.1, -0.05) is 12.2 Å². The van der Waals surface area contributed by atoms with Gasteiger partial charge in [-0.3, -0.25) is 0 Å². The highest BCUT2D eigenvalue weighted by Gasteiger charge is 2.54. The van der Waals surface area contributed by atoms with Crippen molar-refractivity contribution in [3.63, 3.8) is 0 Å². The predicted molar refractivity (Wildman–Crippen MR) is 34.8 cm³/mol. The maximum atomic E-state index is 9.32. The van der Waals surface area contributed by atoms with Gasteiger partial charge in [-0.15, -0.1) is 0 Å². The first-order valence-electron chi connectivity index (χ1n) is 3.38. The average Bonchev–Trinajstić information content (AvgIpc) is 2.56. The molecule has 1 saturated carbocycles. The van der Waals surface area contributed by atoms with Crippen molar-refractivity contribution in [1.82, 2.24) is 0 Å². The van der Waals surface area contributed by atoms with E-state index in [-0.39, 0.29) is 17.6 Å². The maximum absolute atomic E-state index is 9.32. The highest BCUT2D eigenvalue weighted by atomic mass is 16.3. The molecule has 9 heavy (non-hydrogen) atoms. The largest absolute Gasteiger partial charge is 0.388 e. The molecular formula is C7H11NO. The average molecular weight is 125 g/mol. The van der Waals surface area contributed by atoms with Gasteiger partial charge in [-0.05, 0) is 12.8 Å². The molecule has 1 fully saturated rings. The topological polar surface area (TPSA) is 46.2 Å². The minimum Gasteiger partial charge on any atom is -0.388 e. The van der Waals surface area contributed by atoms with Gasteiger partial charge in [0.2, 0.25) is 0 Å². The summed E-state index contributed by atoms with van der Waals surface area (Å²) < 4.78 is 0. The normalized spacial score (nSPS) is 44.2. The minimum absolute atomic E-state index is 0.0833. The van der Waals surface area contributed by atoms with Crippen LogP contribution in [0.5, 0.6) is 0 Å². The second kappa shape index (κ2) is 1.39. The van der Waals surface area contributed by atoms with Crippen molar-refractivity contribution in [3.8, 4) is 0 Å². The van der Waals surface area contributed by atoms with E-state index in [0.29, 0.717) is 0 Å². The van der Waals surface area contributed by atoms with Crippen molar-refractivity contribution in [2.75, 3.05) is 0 Å². The highest BCUT2D eigenvalue weighted by Crippen LogP contribution is 2.54. The van der Waals surface area contributed by atoms with Gasteiger partial charge in [0.05, 0.1) is 6.10 Å². The second-order valence-electron chi connectivity index (χ2n) is 3.09. The summed E-state index contributed by atoms with van der Waals surface area (Å²) in [6, 6.07) is 0.118. The van der Waals surface area contributed by atoms with Crippen LogP contribution in [0.1, 0.15) is 12.8 Å². The molecule has 0 aromatic heterocycles. The van der Waals surface area contributed by atoms with Gasteiger partial charge in [-0.2, -0.15) is 0 Å². The third kappa shape index (κ3) is 0.523. The molecule has 0 heterocycles. The van der Waals surface area contributed by atoms with Crippen molar-refractivity contribution in [2.45, 2.75) is 25.0 Å². The first-order valence-corrected chi connectivity index (χ1v) is 3.38. The zero-order chi connectivity index (χ0) is 6.48. The van der Waals surface area contributed by atoms with Crippen LogP contribution >= 0.6 is 0 Å². The molecular weight excluding hydrogens is 114 g/mol. The van der Waals surface area contributed by atoms with Crippen LogP contribution in [0.25, 0.3) is 0 Å². The Balaban J connectivity index is 2.24. The Morgan fingerprint density at radius 3 is 2.33 bits per heavy atom. The molecule has 1 spiro atoms. The lowest BCUT2D eigenvalue weighted by Crippen LogP contribution is -2.32. The smallest absolute Gasteiger partial charge is 0.0795 e. The van der Waals surface area contributed by atoms with Gasteiger partial charge < -0.3 is 10.8 Å². The fourth-order valence-electron chi connectivity index (χ4n) is 1.58. The molecule has 2 aliphatic carbocycles. The van der Waals surface area contributed by atoms with E-state index in [1.165, 1.54) is 0 Å². The molecule has 0 radical (unpaired) electrons. The maximum Gasteiger partial charge on any atom is 0.0795 e. The van der Waals surface area contributed by atoms with Gasteiger partial charge >= 0.3 is 0 Å². The van der Waals surface area contributed by atoms with E-state index in [1.807, 2.05) is 12.2 Å². The van der Waals surface area contributed by atoms with Crippen molar-refractivity contribution in [2.24, 2.45) is 11.1 Å². The fourth-order valence-corrected chi connectivity index (χ4v) is 1.58. The molecule has 2 atom stereocenters. The minimum atomic E-state index is -0.257. The predicted octanol–water partition coefficient (Wildman–Crippen LogP) is 0.0246. The highest BCUT2D eigenvalue weighted by molar-refractivity contribution is 5.23. The molecule has 50 valence electrons. The Hall–Kier alpha value is -0.340. The number of hydrogen-bond donors (Lipinski definition) is 2. The molecule has 3 N–H and O–H groups in total. The molecule has 2 aliphatic rings. The zero-order valence-corrected chi connectivity index (χ0v) is 5.25. The van der Waals surface area contributed by atoms with E-state index in [4.69, 9.17) is 5.73 Å². The zero-order valence-electron chi connectivity index (χ0n) is 5.25. The van der Waals surface area contributed by atoms with E-state index < -0.39 is 0 Å². The van der Waals surface area contributed by atoms with Crippen LogP contribution < -0.4 is 5.73 Å². The third-order valence-corrected chi connectivity index (χ3v) is 2.58. The van der Waals surface area contributed by atoms with Crippen LogP contribution in [-0.4, -0.2) is 17.3 Å². The molecule has 2 heteroatoms. The third-order valence-electron chi connectivity index (χ3n) is 2.58. The summed E-state index contributed by atoms with van der Waals surface area (Å²) in [5.41, 5.74) is 5.80. The summed E-state index contributed by atoms with van der Waals surface area (Å²) in [5.74, 6) is 0. The van der Waals surface area contributed by atoms with Crippen molar-refractivity contribution in [3.05, 3.63) is 12.2 Å². The van der Waals surface area contributed by atoms with Gasteiger partial charge in [0.25, 0.3) is 0 Å². The molecule has 0 amide bonds. The number of hydrogen-bond acceptors (Lipinski definition) is 2. The van der Waals surface area contributed by atoms with Crippen LogP contribution in [0.15, 0.2) is 12.2 Å². The van der Waals surface area contributed by atoms with Crippen LogP contribution in [0, 0.1) is 5.41 Å². The number of aliphatic hydroxyl groups is 1. The summed E-state index contributed by atoms with van der Waals surface area (Å²) in [4.78, 5) is 0. The monoisotopic (exact) mass is 125 g/mol. The van der Waals surface area contributed by atoms with Gasteiger partial charge in [-0.25, -0.2) is 0 Å². The van der Waals surface area contributed by atoms with E-state index in [0.717, 1.165) is 12.8 Å². The lowest BCUT2D eigenvalue weighted by molar-refractivity contribution is 0.142. The Morgan fingerprint density at radius 1 is 1.44 bits per heavy atom. The Bertz CT molecular complexity index is 146. The molecule has 0 unspecified atom stereocenters. The summed E-state index contributed by atoms with van der Waals surface area (Å²) >= 11 is 0. The summed E-state index contributed by atoms with van der Waals surface area (Å²) in [6.45, 7) is 0. The number of rotatable bonds is 0. The second-order valence-corrected chi connectivity index (χ2v) is 3.09. The van der Waals surface area contributed by atoms with Crippen LogP contribution in [0.3, 0.4) is 0 Å². The van der Waals surface area contributed by atoms with E-state index >= 15 is 0 Å². The van der Waals surface area contributed by atoms with Gasteiger partial charge in [0.1, 0.15) is 0 Å². The standard InChI is InChI=1S/C7H11NO/c8-5-1-2-6(9)7(5)3-4-7/h1-2,5-6,9H,3-4,8H2/t5-,6+/m0/s1. The first kappa shape index (κ1) is 5.45. The molecule has 0 aromatic rings. The molecule has 0 aliphatic heterocycles. The fraction of sp³-hybridized carbons (Fsp3) is 0.714. The summed E-state index contributed by atoms with van der Waals surface area (Å²) in [5, 5.41) is 9.32. The van der Waals surface area contributed by atoms with E-state index in [1.54, 1.807) is 0 Å². The first-order chi connectivity index (χ1) is 4.26. The molecule has 0 saturated heterocycles. The SMILES string of the molecule is N[C@H]1C=C[C@@H](O)C12CC2. The Labute approximate surface area is 54.4 Å². The van der Waals surface area contributed by atoms with Crippen LogP contribution in [0.4, 0.5) is 0 Å². The molecule has 0 aromatic carbocycles. The van der Waals surface area contributed by atoms with E-state index in [2.05, 4.69) is 0 Å². The van der Waals surface area contributed by atoms with Crippen LogP contribution in [0.2, 0.25) is 0 Å². The quantitative estimate of drug-likeness (QED) is 0.448. The number of aliphatic hydroxyl groups excluding tert-OH is 1. The summed E-state index contributed by atoms with van der Waals surface area (Å²) in [6.07, 6.45) is 5.67. The summed E-state index contributed by atoms with van der Waals surface area (Å²) in [7, 11) is 0. The van der Waals surface area contributed by atoms with E-state index in [9.17, 15) is 5.11 Å².